The van der Waals surface area contributed by atoms with E-state index in [1.807, 2.05) is 81.4 Å². The lowest BCUT2D eigenvalue weighted by Gasteiger charge is -2.31. The van der Waals surface area contributed by atoms with E-state index in [1.54, 1.807) is 13.2 Å². The first-order valence-corrected chi connectivity index (χ1v) is 13.3. The van der Waals surface area contributed by atoms with Crippen LogP contribution in [0.25, 0.3) is 22.4 Å². The van der Waals surface area contributed by atoms with Crippen LogP contribution >= 0.6 is 0 Å². The molecule has 2 aromatic carbocycles. The number of ether oxygens (including phenoxy) is 1. The number of benzene rings is 2. The maximum atomic E-state index is 13.2. The van der Waals surface area contributed by atoms with Gasteiger partial charge in [-0.1, -0.05) is 61.5 Å². The van der Waals surface area contributed by atoms with Crippen LogP contribution in [-0.2, 0) is 15.1 Å². The Balaban J connectivity index is 1.51. The number of aromatic nitrogens is 1. The van der Waals surface area contributed by atoms with Crippen molar-refractivity contribution in [2.45, 2.75) is 58.1 Å². The minimum Gasteiger partial charge on any atom is -0.446 e. The fraction of sp³-hybridized carbons (Fsp3) is 0.387. The molecule has 2 amide bonds. The summed E-state index contributed by atoms with van der Waals surface area (Å²) in [6.45, 7) is 5.94. The van der Waals surface area contributed by atoms with Crippen LogP contribution in [0.5, 0.6) is 0 Å². The normalized spacial score (nSPS) is 18.3. The van der Waals surface area contributed by atoms with Crippen molar-refractivity contribution in [3.05, 3.63) is 72.4 Å². The van der Waals surface area contributed by atoms with E-state index in [0.29, 0.717) is 5.69 Å². The van der Waals surface area contributed by atoms with Gasteiger partial charge in [-0.25, -0.2) is 4.79 Å². The Hall–Kier alpha value is -3.71. The molecular weight excluding hydrogens is 476 g/mol. The minimum atomic E-state index is -0.421. The fourth-order valence-corrected chi connectivity index (χ4v) is 5.05. The Bertz CT molecular complexity index is 1240. The Labute approximate surface area is 225 Å². The minimum absolute atomic E-state index is 0.0243. The van der Waals surface area contributed by atoms with Crippen molar-refractivity contribution in [3.8, 4) is 22.4 Å². The first-order valence-electron chi connectivity index (χ1n) is 13.3. The van der Waals surface area contributed by atoms with E-state index in [9.17, 15) is 9.59 Å². The highest BCUT2D eigenvalue weighted by atomic mass is 16.6. The van der Waals surface area contributed by atoms with E-state index in [-0.39, 0.29) is 23.8 Å². The Morgan fingerprint density at radius 2 is 1.66 bits per heavy atom. The van der Waals surface area contributed by atoms with Gasteiger partial charge in [0.25, 0.3) is 0 Å². The number of anilines is 1. The van der Waals surface area contributed by atoms with Crippen molar-refractivity contribution >= 4 is 17.7 Å². The van der Waals surface area contributed by atoms with E-state index < -0.39 is 11.6 Å². The molecule has 1 heterocycles. The quantitative estimate of drug-likeness (QED) is 0.353. The molecule has 1 aliphatic carbocycles. The SMILES string of the molecule is CNC(=O)OC1CCC(C(C)C(=O)Nc2cnc(-c3ccc(C(C)(C)N)cc3)c(-c3ccccc3)c2)CC1. The highest BCUT2D eigenvalue weighted by molar-refractivity contribution is 5.94. The van der Waals surface area contributed by atoms with Gasteiger partial charge in [0.05, 0.1) is 17.6 Å². The van der Waals surface area contributed by atoms with E-state index in [1.165, 1.54) is 0 Å². The van der Waals surface area contributed by atoms with Crippen molar-refractivity contribution in [1.82, 2.24) is 10.3 Å². The molecular formula is C31H38N4O3. The van der Waals surface area contributed by atoms with Crippen molar-refractivity contribution in [3.63, 3.8) is 0 Å². The number of alkyl carbamates (subject to hydrolysis) is 1. The zero-order valence-corrected chi connectivity index (χ0v) is 22.7. The Morgan fingerprint density at radius 1 is 1.00 bits per heavy atom. The molecule has 0 radical (unpaired) electrons. The summed E-state index contributed by atoms with van der Waals surface area (Å²) in [5.41, 5.74) is 11.4. The number of hydrogen-bond donors (Lipinski definition) is 3. The van der Waals surface area contributed by atoms with Gasteiger partial charge in [0.15, 0.2) is 0 Å². The number of pyridine rings is 1. The molecule has 0 aliphatic heterocycles. The van der Waals surface area contributed by atoms with Crippen molar-refractivity contribution in [1.29, 1.82) is 0 Å². The first-order chi connectivity index (χ1) is 18.2. The monoisotopic (exact) mass is 514 g/mol. The molecule has 7 nitrogen and oxygen atoms in total. The maximum absolute atomic E-state index is 13.2. The lowest BCUT2D eigenvalue weighted by Crippen LogP contribution is -2.33. The number of amides is 2. The lowest BCUT2D eigenvalue weighted by atomic mass is 9.79. The van der Waals surface area contributed by atoms with Crippen molar-refractivity contribution in [2.75, 3.05) is 12.4 Å². The molecule has 1 fully saturated rings. The van der Waals surface area contributed by atoms with Crippen LogP contribution in [0.15, 0.2) is 66.9 Å². The number of carbonyl (C=O) groups is 2. The summed E-state index contributed by atoms with van der Waals surface area (Å²) >= 11 is 0. The molecule has 0 saturated heterocycles. The highest BCUT2D eigenvalue weighted by Gasteiger charge is 2.30. The number of hydrogen-bond acceptors (Lipinski definition) is 5. The fourth-order valence-electron chi connectivity index (χ4n) is 5.05. The van der Waals surface area contributed by atoms with E-state index in [0.717, 1.165) is 53.6 Å². The third-order valence-electron chi connectivity index (χ3n) is 7.46. The van der Waals surface area contributed by atoms with Gasteiger partial charge in [0.2, 0.25) is 5.91 Å². The second kappa shape index (κ2) is 11.8. The van der Waals surface area contributed by atoms with Crippen LogP contribution in [0, 0.1) is 11.8 Å². The van der Waals surface area contributed by atoms with E-state index in [2.05, 4.69) is 10.6 Å². The first kappa shape index (κ1) is 27.3. The maximum Gasteiger partial charge on any atom is 0.407 e. The molecule has 7 heteroatoms. The van der Waals surface area contributed by atoms with E-state index in [4.69, 9.17) is 15.5 Å². The molecule has 4 rings (SSSR count). The van der Waals surface area contributed by atoms with Gasteiger partial charge in [-0.2, -0.15) is 0 Å². The number of nitrogens with two attached hydrogens (primary N) is 1. The third-order valence-corrected chi connectivity index (χ3v) is 7.46. The molecule has 0 spiro atoms. The highest BCUT2D eigenvalue weighted by Crippen LogP contribution is 2.35. The zero-order valence-electron chi connectivity index (χ0n) is 22.7. The summed E-state index contributed by atoms with van der Waals surface area (Å²) in [7, 11) is 1.56. The topological polar surface area (TPSA) is 106 Å². The molecule has 1 unspecified atom stereocenters. The van der Waals surface area contributed by atoms with Gasteiger partial charge in [-0.15, -0.1) is 0 Å². The van der Waals surface area contributed by atoms with Gasteiger partial charge in [-0.05, 0) is 62.6 Å². The van der Waals surface area contributed by atoms with Crippen LogP contribution in [0.4, 0.5) is 10.5 Å². The summed E-state index contributed by atoms with van der Waals surface area (Å²) in [4.78, 5) is 29.5. The summed E-state index contributed by atoms with van der Waals surface area (Å²) in [6, 6.07) is 20.2. The van der Waals surface area contributed by atoms with E-state index >= 15 is 0 Å². The lowest BCUT2D eigenvalue weighted by molar-refractivity contribution is -0.121. The average molecular weight is 515 g/mol. The zero-order chi connectivity index (χ0) is 27.3. The predicted octanol–water partition coefficient (Wildman–Crippen LogP) is 6.10. The molecule has 1 aliphatic rings. The summed E-state index contributed by atoms with van der Waals surface area (Å²) < 4.78 is 5.39. The second-order valence-electron chi connectivity index (χ2n) is 10.8. The molecule has 200 valence electrons. The van der Waals surface area contributed by atoms with Crippen molar-refractivity contribution < 1.29 is 14.3 Å². The van der Waals surface area contributed by atoms with Crippen LogP contribution in [0.2, 0.25) is 0 Å². The second-order valence-corrected chi connectivity index (χ2v) is 10.8. The molecule has 1 atom stereocenters. The summed E-state index contributed by atoms with van der Waals surface area (Å²) in [5, 5.41) is 5.59. The largest absolute Gasteiger partial charge is 0.446 e. The number of rotatable bonds is 7. The van der Waals surface area contributed by atoms with Gasteiger partial charge in [0.1, 0.15) is 6.10 Å². The molecule has 38 heavy (non-hydrogen) atoms. The van der Waals surface area contributed by atoms with Gasteiger partial charge < -0.3 is 21.1 Å². The van der Waals surface area contributed by atoms with Crippen LogP contribution in [0.1, 0.15) is 52.0 Å². The van der Waals surface area contributed by atoms with Gasteiger partial charge in [-0.3, -0.25) is 9.78 Å². The smallest absolute Gasteiger partial charge is 0.407 e. The average Bonchev–Trinajstić information content (AvgIpc) is 2.93. The summed E-state index contributed by atoms with van der Waals surface area (Å²) in [5.74, 6) is 0.0531. The molecule has 4 N–H and O–H groups in total. The number of nitrogens with one attached hydrogen (secondary N) is 2. The van der Waals surface area contributed by atoms with Crippen LogP contribution in [-0.4, -0.2) is 30.1 Å². The van der Waals surface area contributed by atoms with Crippen molar-refractivity contribution in [2.24, 2.45) is 17.6 Å². The number of nitrogens with zero attached hydrogens (tertiary/aromatic N) is 1. The standard InChI is InChI=1S/C31H38N4O3/c1-20(21-12-16-26(17-13-21)38-30(37)33-4)29(36)35-25-18-27(22-8-6-5-7-9-22)28(34-19-25)23-10-14-24(15-11-23)31(2,3)32/h5-11,14-15,18-21,26H,12-13,16-17,32H2,1-4H3,(H,33,37)(H,35,36). The molecule has 1 saturated carbocycles. The Morgan fingerprint density at radius 3 is 2.26 bits per heavy atom. The molecule has 3 aromatic rings. The van der Waals surface area contributed by atoms with Gasteiger partial charge >= 0.3 is 6.09 Å². The Kier molecular flexibility index (Phi) is 8.47. The predicted molar refractivity (Wildman–Crippen MR) is 151 cm³/mol. The molecule has 1 aromatic heterocycles. The van der Waals surface area contributed by atoms with Crippen LogP contribution < -0.4 is 16.4 Å². The summed E-state index contributed by atoms with van der Waals surface area (Å²) in [6.07, 6.45) is 4.46. The third kappa shape index (κ3) is 6.58. The number of carbonyl (C=O) groups excluding carboxylic acids is 2. The van der Waals surface area contributed by atoms with Gasteiger partial charge in [0, 0.05) is 29.6 Å². The molecule has 0 bridgehead atoms. The van der Waals surface area contributed by atoms with Crippen LogP contribution in [0.3, 0.4) is 0 Å².